The van der Waals surface area contributed by atoms with Crippen LogP contribution in [0.2, 0.25) is 10.0 Å². The zero-order valence-corrected chi connectivity index (χ0v) is 81.4. The van der Waals surface area contributed by atoms with E-state index in [-0.39, 0.29) is 219 Å². The molecule has 3 aromatic heterocycles. The third-order valence-corrected chi connectivity index (χ3v) is 30.0. The molecule has 0 radical (unpaired) electrons. The first-order valence-electron chi connectivity index (χ1n) is 46.5. The van der Waals surface area contributed by atoms with Crippen LogP contribution in [0.4, 0.5) is 11.4 Å². The topological polar surface area (TPSA) is 355 Å². The summed E-state index contributed by atoms with van der Waals surface area (Å²) in [5.74, 6) is -10.7. The van der Waals surface area contributed by atoms with Gasteiger partial charge in [0.05, 0.1) is 61.9 Å². The molecule has 0 aliphatic heterocycles. The molecular weight excluding hydrogens is 1900 g/mol. The monoisotopic (exact) mass is 2000 g/mol. The molecule has 5 aliphatic rings. The lowest BCUT2D eigenvalue weighted by Gasteiger charge is -2.31. The lowest BCUT2D eigenvalue weighted by molar-refractivity contribution is -0.146. The molecule has 0 unspecified atom stereocenters. The fourth-order valence-corrected chi connectivity index (χ4v) is 20.8. The SMILES string of the molecule is COc1ccc(N(C)C(=O)c2ccc(OOc3ccc(N(C)C(=O)c4ccc(OC(=O)C5CCC(C(=O)C(=O)C6CCC(C(=O)C(=O)C7CCC(C(=O)C(=O)C8CCC(C(=O)C(=O)C9CCC(C(=O)Oc%10ccc(OOc%11ccc(OOc%12ccc(OC)cc%12/C=C/C(=O)c%12cccs%12)cc%11/C=C/C(=O)c%11cccs%11)cc%10/C=C/C(=O)c%10cccs%10)CC9)CC8)CC7)CC6)CC5)cc4Cl)cc3)cc2Cl)cc1. The summed E-state index contributed by atoms with van der Waals surface area (Å²) in [4.78, 5) is 243. The minimum Gasteiger partial charge on any atom is -0.497 e. The van der Waals surface area contributed by atoms with Crippen LogP contribution < -0.4 is 58.1 Å². The Bertz CT molecular complexity index is 6440. The summed E-state index contributed by atoms with van der Waals surface area (Å²) in [7, 11) is 6.25. The lowest BCUT2D eigenvalue weighted by Crippen LogP contribution is -2.39. The molecule has 3 heterocycles. The third kappa shape index (κ3) is 25.5. The smallest absolute Gasteiger partial charge is 0.314 e. The average molecular weight is 2010 g/mol. The Labute approximate surface area is 834 Å². The summed E-state index contributed by atoms with van der Waals surface area (Å²) in [6.07, 6.45) is 13.7. The van der Waals surface area contributed by atoms with Crippen molar-refractivity contribution < 1.29 is 120 Å². The molecule has 0 bridgehead atoms. The van der Waals surface area contributed by atoms with E-state index in [9.17, 15) is 71.9 Å². The van der Waals surface area contributed by atoms with Gasteiger partial charge in [-0.3, -0.25) is 101 Å². The maximum atomic E-state index is 14.1. The van der Waals surface area contributed by atoms with Crippen molar-refractivity contribution in [2.45, 2.75) is 128 Å². The van der Waals surface area contributed by atoms with Gasteiger partial charge in [0.25, 0.3) is 11.8 Å². The number of halogens is 2. The number of thiophene rings is 3. The van der Waals surface area contributed by atoms with Crippen LogP contribution in [0.5, 0.6) is 57.5 Å². The summed E-state index contributed by atoms with van der Waals surface area (Å²) in [6.45, 7) is 0. The van der Waals surface area contributed by atoms with Gasteiger partial charge in [0.2, 0.25) is 46.3 Å². The number of nitrogens with zero attached hydrogens (tertiary/aromatic N) is 2. The Morgan fingerprint density at radius 2 is 0.546 bits per heavy atom. The fraction of sp³-hybridized carbons (Fsp3) is 0.312. The van der Waals surface area contributed by atoms with Gasteiger partial charge >= 0.3 is 11.9 Å². The van der Waals surface area contributed by atoms with E-state index in [0.29, 0.717) is 54.4 Å². The molecule has 27 nitrogen and oxygen atoms in total. The largest absolute Gasteiger partial charge is 0.497 e. The van der Waals surface area contributed by atoms with E-state index in [1.54, 1.807) is 147 Å². The van der Waals surface area contributed by atoms with Gasteiger partial charge in [-0.25, -0.2) is 0 Å². The molecule has 728 valence electrons. The molecule has 32 heteroatoms. The summed E-state index contributed by atoms with van der Waals surface area (Å²) in [6, 6.07) is 46.7. The van der Waals surface area contributed by atoms with Crippen LogP contribution in [0.1, 0.15) is 195 Å². The summed E-state index contributed by atoms with van der Waals surface area (Å²) in [5, 5.41) is 5.53. The van der Waals surface area contributed by atoms with Crippen molar-refractivity contribution >= 4 is 174 Å². The van der Waals surface area contributed by atoms with Crippen molar-refractivity contribution in [3.63, 3.8) is 0 Å². The molecule has 10 aromatic rings. The third-order valence-electron chi connectivity index (χ3n) is 26.7. The molecule has 15 rings (SSSR count). The second-order valence-corrected chi connectivity index (χ2v) is 39.2. The van der Waals surface area contributed by atoms with Gasteiger partial charge in [-0.2, -0.15) is 0 Å². The van der Waals surface area contributed by atoms with E-state index >= 15 is 0 Å². The number of ether oxygens (including phenoxy) is 4. The minimum absolute atomic E-state index is 0.0298. The second-order valence-electron chi connectivity index (χ2n) is 35.5. The molecule has 0 spiro atoms. The lowest BCUT2D eigenvalue weighted by atomic mass is 9.70. The number of anilines is 2. The normalized spacial score (nSPS) is 19.6. The highest BCUT2D eigenvalue weighted by Gasteiger charge is 2.45. The van der Waals surface area contributed by atoms with Crippen LogP contribution in [0, 0.1) is 59.2 Å². The van der Waals surface area contributed by atoms with E-state index in [1.165, 1.54) is 148 Å². The molecule has 5 aliphatic carbocycles. The number of hydrogen-bond acceptors (Lipinski definition) is 28. The Balaban J connectivity index is 0.457. The first-order chi connectivity index (χ1) is 68.1. The molecular formula is C109H100Cl2N2O25S3. The number of ketones is 11. The van der Waals surface area contributed by atoms with Crippen molar-refractivity contribution in [2.75, 3.05) is 38.1 Å². The number of carbonyl (C=O) groups excluding carboxylic acids is 15. The molecule has 0 saturated heterocycles. The summed E-state index contributed by atoms with van der Waals surface area (Å²) < 4.78 is 22.4. The number of carbonyl (C=O) groups is 15. The predicted molar refractivity (Wildman–Crippen MR) is 529 cm³/mol. The quantitative estimate of drug-likeness (QED) is 0.00654. The van der Waals surface area contributed by atoms with E-state index in [2.05, 4.69) is 0 Å². The van der Waals surface area contributed by atoms with Crippen LogP contribution in [-0.2, 0) is 47.9 Å². The Hall–Kier alpha value is -13.9. The van der Waals surface area contributed by atoms with Crippen molar-refractivity contribution in [1.82, 2.24) is 0 Å². The highest BCUT2D eigenvalue weighted by atomic mass is 35.5. The first kappa shape index (κ1) is 102. The van der Waals surface area contributed by atoms with Crippen LogP contribution in [0.15, 0.2) is 210 Å². The number of allylic oxidation sites excluding steroid dienone is 3. The minimum atomic E-state index is -0.647. The molecule has 5 saturated carbocycles. The highest BCUT2D eigenvalue weighted by molar-refractivity contribution is 7.12. The molecule has 0 N–H and O–H groups in total. The van der Waals surface area contributed by atoms with Crippen LogP contribution >= 0.6 is 57.2 Å². The van der Waals surface area contributed by atoms with Gasteiger partial charge < -0.3 is 28.7 Å². The fourth-order valence-electron chi connectivity index (χ4n) is 18.3. The van der Waals surface area contributed by atoms with Gasteiger partial charge in [-0.1, -0.05) is 41.4 Å². The molecule has 7 aromatic carbocycles. The summed E-state index contributed by atoms with van der Waals surface area (Å²) in [5.41, 5.74) is 2.57. The average Bonchev–Trinajstić information content (AvgIpc) is 1.34. The van der Waals surface area contributed by atoms with Gasteiger partial charge in [-0.15, -0.1) is 34.0 Å². The Morgan fingerprint density at radius 1 is 0.284 bits per heavy atom. The van der Waals surface area contributed by atoms with Gasteiger partial charge in [-0.05, 0) is 327 Å². The Kier molecular flexibility index (Phi) is 34.1. The van der Waals surface area contributed by atoms with Gasteiger partial charge in [0.15, 0.2) is 51.8 Å². The maximum absolute atomic E-state index is 14.1. The van der Waals surface area contributed by atoms with Crippen molar-refractivity contribution in [1.29, 1.82) is 0 Å². The number of hydrogen-bond donors (Lipinski definition) is 0. The zero-order chi connectivity index (χ0) is 99.5. The standard InChI is InChI=1S/C109H100Cl2N2O25S3/c1-112(76-34-38-78(129-3)39-35-76)107(126)86-48-43-84(62-88(86)111)134-133-79-40-36-77(37-41-79)113(2)106(125)85-47-42-81(61-87(85)110)131-108(127)71-27-23-69(24-28-71)104(123)102(121)67-19-15-65(16-20-67)100(119)98(117)63-11-13-64(14-12-63)99(118)101(120)66-17-21-68(22-18-66)103(122)105(124)70-25-29-72(30-26-70)109(128)132-92-52-45-82(59-73(92)31-49-89(114)95-8-5-55-139-95)135-138-94-54-46-83(60-75(94)33-51-91(116)97-10-7-57-141-97)136-137-93-53-44-80(130-4)58-74(93)32-50-90(115)96-9-6-56-140-96/h5-10,31-72H,11-30H2,1-4H3/b49-31+,50-32+,51-33+. The molecule has 5 fully saturated rings. The van der Waals surface area contributed by atoms with Gasteiger partial charge in [0.1, 0.15) is 23.0 Å². The predicted octanol–water partition coefficient (Wildman–Crippen LogP) is 21.7. The van der Waals surface area contributed by atoms with Crippen molar-refractivity contribution in [3.05, 3.63) is 263 Å². The first-order valence-corrected chi connectivity index (χ1v) is 49.9. The number of benzene rings is 7. The summed E-state index contributed by atoms with van der Waals surface area (Å²) >= 11 is 17.0. The van der Waals surface area contributed by atoms with E-state index in [4.69, 9.17) is 71.5 Å². The Morgan fingerprint density at radius 3 is 0.879 bits per heavy atom. The number of Topliss-reactive ketones (excluding diaryl/α,β-unsaturated/α-hetero) is 8. The van der Waals surface area contributed by atoms with E-state index in [1.807, 2.05) is 5.38 Å². The second kappa shape index (κ2) is 47.4. The van der Waals surface area contributed by atoms with Crippen LogP contribution in [0.3, 0.4) is 0 Å². The van der Waals surface area contributed by atoms with E-state index in [0.717, 1.165) is 0 Å². The number of methoxy groups -OCH3 is 2. The van der Waals surface area contributed by atoms with Crippen molar-refractivity contribution in [2.24, 2.45) is 59.2 Å². The number of rotatable bonds is 40. The molecule has 141 heavy (non-hydrogen) atoms. The zero-order valence-electron chi connectivity index (χ0n) is 77.4. The highest BCUT2D eigenvalue weighted by Crippen LogP contribution is 2.43. The van der Waals surface area contributed by atoms with Gasteiger partial charge in [0, 0.05) is 102 Å². The van der Waals surface area contributed by atoms with E-state index < -0.39 is 123 Å². The molecule has 0 atom stereocenters. The van der Waals surface area contributed by atoms with Crippen LogP contribution in [-0.4, -0.2) is 116 Å². The number of esters is 2. The van der Waals surface area contributed by atoms with Crippen LogP contribution in [0.25, 0.3) is 18.2 Å². The maximum Gasteiger partial charge on any atom is 0.314 e. The number of amides is 2. The molecule has 2 amide bonds. The van der Waals surface area contributed by atoms with Crippen molar-refractivity contribution in [3.8, 4) is 57.5 Å².